The molecule has 1 unspecified atom stereocenters. The molecule has 0 saturated heterocycles. The minimum absolute atomic E-state index is 0.0481. The van der Waals surface area contributed by atoms with Crippen molar-refractivity contribution in [3.63, 3.8) is 0 Å². The van der Waals surface area contributed by atoms with E-state index in [0.29, 0.717) is 0 Å². The lowest BCUT2D eigenvalue weighted by molar-refractivity contribution is -0.140. The molecule has 1 aromatic carbocycles. The molecule has 134 valence electrons. The highest BCUT2D eigenvalue weighted by Gasteiger charge is 2.30. The number of aliphatic carboxylic acids is 1. The zero-order valence-electron chi connectivity index (χ0n) is 12.7. The van der Waals surface area contributed by atoms with Crippen LogP contribution >= 0.6 is 11.6 Å². The molecular weight excluding hydrogens is 365 g/mol. The number of halogens is 4. The van der Waals surface area contributed by atoms with Gasteiger partial charge in [0, 0.05) is 6.42 Å². The third-order valence-corrected chi connectivity index (χ3v) is 3.62. The van der Waals surface area contributed by atoms with E-state index >= 15 is 0 Å². The molecule has 1 aromatic heterocycles. The molecule has 0 saturated carbocycles. The summed E-state index contributed by atoms with van der Waals surface area (Å²) in [6.45, 7) is 1.34. The van der Waals surface area contributed by atoms with Crippen molar-refractivity contribution < 1.29 is 32.4 Å². The molecule has 6 nitrogen and oxygen atoms in total. The van der Waals surface area contributed by atoms with Gasteiger partial charge in [-0.25, -0.2) is 18.0 Å². The van der Waals surface area contributed by atoms with Gasteiger partial charge in [-0.1, -0.05) is 22.8 Å². The number of carbonyl (C=O) groups is 2. The van der Waals surface area contributed by atoms with Crippen molar-refractivity contribution in [2.45, 2.75) is 25.8 Å². The summed E-state index contributed by atoms with van der Waals surface area (Å²) in [5, 5.41) is 14.4. The highest BCUT2D eigenvalue weighted by Crippen LogP contribution is 2.33. The van der Waals surface area contributed by atoms with E-state index in [4.69, 9.17) is 21.2 Å². The lowest BCUT2D eigenvalue weighted by Gasteiger charge is -2.14. The Labute approximate surface area is 144 Å². The summed E-state index contributed by atoms with van der Waals surface area (Å²) in [4.78, 5) is 23.4. The van der Waals surface area contributed by atoms with Crippen molar-refractivity contribution in [2.24, 2.45) is 0 Å². The predicted molar refractivity (Wildman–Crippen MR) is 81.2 cm³/mol. The average molecular weight is 377 g/mol. The first-order valence-electron chi connectivity index (χ1n) is 6.94. The first-order valence-corrected chi connectivity index (χ1v) is 7.32. The first kappa shape index (κ1) is 18.8. The van der Waals surface area contributed by atoms with Gasteiger partial charge in [0.05, 0.1) is 10.6 Å². The number of carbonyl (C=O) groups excluding carboxylic acids is 1. The Morgan fingerprint density at radius 1 is 1.40 bits per heavy atom. The van der Waals surface area contributed by atoms with Crippen LogP contribution in [0.3, 0.4) is 0 Å². The van der Waals surface area contributed by atoms with Gasteiger partial charge in [0.2, 0.25) is 6.43 Å². The maximum Gasteiger partial charge on any atom is 0.326 e. The second kappa shape index (κ2) is 7.56. The van der Waals surface area contributed by atoms with Gasteiger partial charge >= 0.3 is 5.97 Å². The molecule has 0 spiro atoms. The van der Waals surface area contributed by atoms with Crippen molar-refractivity contribution in [1.29, 1.82) is 0 Å². The molecule has 0 aliphatic heterocycles. The van der Waals surface area contributed by atoms with Crippen LogP contribution in [-0.4, -0.2) is 34.6 Å². The summed E-state index contributed by atoms with van der Waals surface area (Å²) in [6, 6.07) is 1.97. The molecule has 0 bridgehead atoms. The number of benzene rings is 1. The van der Waals surface area contributed by atoms with E-state index in [1.54, 1.807) is 0 Å². The van der Waals surface area contributed by atoms with Crippen LogP contribution < -0.4 is 5.32 Å². The maximum absolute atomic E-state index is 14.1. The molecule has 0 radical (unpaired) electrons. The molecule has 0 fully saturated rings. The van der Waals surface area contributed by atoms with Crippen LogP contribution in [0.5, 0.6) is 0 Å². The van der Waals surface area contributed by atoms with E-state index in [9.17, 15) is 22.8 Å². The Bertz CT molecular complexity index is 790. The summed E-state index contributed by atoms with van der Waals surface area (Å²) in [5.74, 6) is -3.50. The van der Waals surface area contributed by atoms with Gasteiger partial charge in [-0.15, -0.1) is 0 Å². The minimum Gasteiger partial charge on any atom is -0.480 e. The third kappa shape index (κ3) is 4.11. The van der Waals surface area contributed by atoms with Gasteiger partial charge in [-0.05, 0) is 19.1 Å². The number of hydrogen-bond acceptors (Lipinski definition) is 4. The van der Waals surface area contributed by atoms with E-state index in [-0.39, 0.29) is 27.6 Å². The predicted octanol–water partition coefficient (Wildman–Crippen LogP) is 3.28. The van der Waals surface area contributed by atoms with Crippen LogP contribution in [0.4, 0.5) is 13.2 Å². The van der Waals surface area contributed by atoms with Crippen LogP contribution in [0.2, 0.25) is 5.02 Å². The summed E-state index contributed by atoms with van der Waals surface area (Å²) >= 11 is 5.93. The Morgan fingerprint density at radius 2 is 2.08 bits per heavy atom. The average Bonchev–Trinajstić information content (AvgIpc) is 2.87. The fourth-order valence-corrected chi connectivity index (χ4v) is 2.42. The smallest absolute Gasteiger partial charge is 0.326 e. The van der Waals surface area contributed by atoms with Gasteiger partial charge < -0.3 is 14.9 Å². The molecule has 2 aromatic rings. The fraction of sp³-hybridized carbons (Fsp3) is 0.267. The van der Waals surface area contributed by atoms with Crippen molar-refractivity contribution in [1.82, 2.24) is 10.5 Å². The molecule has 1 amide bonds. The number of amides is 1. The second-order valence-corrected chi connectivity index (χ2v) is 5.46. The normalized spacial score (nSPS) is 12.2. The highest BCUT2D eigenvalue weighted by atomic mass is 35.5. The molecule has 1 atom stereocenters. The number of aromatic nitrogens is 1. The number of aryl methyl sites for hydroxylation is 1. The largest absolute Gasteiger partial charge is 0.480 e. The number of alkyl halides is 2. The quantitative estimate of drug-likeness (QED) is 0.807. The molecule has 2 N–H and O–H groups in total. The number of carboxylic acid groups (broad SMARTS) is 1. The Balaban J connectivity index is 2.42. The Hall–Kier alpha value is -2.55. The van der Waals surface area contributed by atoms with Crippen molar-refractivity contribution in [3.8, 4) is 11.3 Å². The summed E-state index contributed by atoms with van der Waals surface area (Å²) < 4.78 is 43.8. The van der Waals surface area contributed by atoms with Crippen LogP contribution in [0.25, 0.3) is 11.3 Å². The zero-order valence-corrected chi connectivity index (χ0v) is 13.5. The summed E-state index contributed by atoms with van der Waals surface area (Å²) in [6.07, 6.45) is -4.02. The van der Waals surface area contributed by atoms with E-state index < -0.39 is 36.6 Å². The fourth-order valence-electron chi connectivity index (χ4n) is 2.16. The van der Waals surface area contributed by atoms with Gasteiger partial charge in [0.15, 0.2) is 0 Å². The Morgan fingerprint density at radius 3 is 2.64 bits per heavy atom. The van der Waals surface area contributed by atoms with Gasteiger partial charge in [0.1, 0.15) is 28.9 Å². The van der Waals surface area contributed by atoms with Crippen LogP contribution in [0, 0.1) is 12.7 Å². The number of nitrogens with zero attached hydrogens (tertiary/aromatic N) is 1. The Kier molecular flexibility index (Phi) is 5.68. The zero-order chi connectivity index (χ0) is 18.7. The van der Waals surface area contributed by atoms with E-state index in [1.807, 2.05) is 5.32 Å². The molecule has 10 heteroatoms. The SMILES string of the molecule is Cc1onc(-c2c(F)cccc2Cl)c1C(=O)NC(CC(F)F)C(=O)O. The summed E-state index contributed by atoms with van der Waals surface area (Å²) in [7, 11) is 0. The maximum atomic E-state index is 14.1. The standard InChI is InChI=1S/C15H12ClF3N2O4/c1-6-11(14(22)20-9(15(23)24)5-10(18)19)13(21-25-6)12-7(16)3-2-4-8(12)17/h2-4,9-10H,5H2,1H3,(H,20,22)(H,23,24). The minimum atomic E-state index is -2.94. The summed E-state index contributed by atoms with van der Waals surface area (Å²) in [5.41, 5.74) is -0.751. The van der Waals surface area contributed by atoms with Gasteiger partial charge in [0.25, 0.3) is 5.91 Å². The monoisotopic (exact) mass is 376 g/mol. The van der Waals surface area contributed by atoms with Gasteiger partial charge in [-0.3, -0.25) is 4.79 Å². The number of rotatable bonds is 6. The van der Waals surface area contributed by atoms with Crippen molar-refractivity contribution in [2.75, 3.05) is 0 Å². The molecule has 0 aliphatic rings. The van der Waals surface area contributed by atoms with E-state index in [1.165, 1.54) is 19.1 Å². The van der Waals surface area contributed by atoms with Crippen LogP contribution in [0.1, 0.15) is 22.5 Å². The second-order valence-electron chi connectivity index (χ2n) is 5.05. The molecule has 25 heavy (non-hydrogen) atoms. The molecule has 2 rings (SSSR count). The molecule has 1 heterocycles. The van der Waals surface area contributed by atoms with Crippen LogP contribution in [-0.2, 0) is 4.79 Å². The third-order valence-electron chi connectivity index (χ3n) is 3.31. The number of hydrogen-bond donors (Lipinski definition) is 2. The van der Waals surface area contributed by atoms with Crippen molar-refractivity contribution >= 4 is 23.5 Å². The molecule has 0 aliphatic carbocycles. The lowest BCUT2D eigenvalue weighted by atomic mass is 10.0. The van der Waals surface area contributed by atoms with Crippen molar-refractivity contribution in [3.05, 3.63) is 40.4 Å². The van der Waals surface area contributed by atoms with E-state index in [2.05, 4.69) is 5.16 Å². The lowest BCUT2D eigenvalue weighted by Crippen LogP contribution is -2.42. The topological polar surface area (TPSA) is 92.4 Å². The van der Waals surface area contributed by atoms with Crippen LogP contribution in [0.15, 0.2) is 22.7 Å². The highest BCUT2D eigenvalue weighted by molar-refractivity contribution is 6.33. The number of carboxylic acids is 1. The van der Waals surface area contributed by atoms with Gasteiger partial charge in [-0.2, -0.15) is 0 Å². The first-order chi connectivity index (χ1) is 11.7. The molecular formula is C15H12ClF3N2O4. The van der Waals surface area contributed by atoms with E-state index in [0.717, 1.165) is 6.07 Å². The number of nitrogens with one attached hydrogen (secondary N) is 1.